The minimum Gasteiger partial charge on any atom is -0.492 e. The lowest BCUT2D eigenvalue weighted by Gasteiger charge is -2.24. The Labute approximate surface area is 147 Å². The third-order valence-electron chi connectivity index (χ3n) is 4.34. The number of hydrogen-bond acceptors (Lipinski definition) is 4. The van der Waals surface area contributed by atoms with Crippen LogP contribution >= 0.6 is 0 Å². The van der Waals surface area contributed by atoms with Gasteiger partial charge in [0.15, 0.2) is 0 Å². The molecule has 0 saturated carbocycles. The van der Waals surface area contributed by atoms with Gasteiger partial charge in [-0.05, 0) is 42.2 Å². The number of ether oxygens (including phenoxy) is 2. The van der Waals surface area contributed by atoms with Crippen molar-refractivity contribution in [2.75, 3.05) is 20.3 Å². The van der Waals surface area contributed by atoms with Gasteiger partial charge >= 0.3 is 5.97 Å². The summed E-state index contributed by atoms with van der Waals surface area (Å²) in [5.41, 5.74) is 2.65. The van der Waals surface area contributed by atoms with Crippen molar-refractivity contribution in [3.8, 4) is 5.75 Å². The third-order valence-corrected chi connectivity index (χ3v) is 4.34. The normalized spacial score (nSPS) is 15.6. The second-order valence-electron chi connectivity index (χ2n) is 6.05. The molecule has 130 valence electrons. The standard InChI is InChI=1S/C20H21NO4/c1-24-20(23)15-8-6-14(7-9-15)10-11-21-19(22)17-12-16-4-2-3-5-18(16)25-13-17/h2-9,17H,10-13H2,1H3,(H,21,22). The minimum absolute atomic E-state index is 0.0145. The van der Waals surface area contributed by atoms with Crippen molar-refractivity contribution >= 4 is 11.9 Å². The van der Waals surface area contributed by atoms with E-state index in [1.807, 2.05) is 36.4 Å². The summed E-state index contributed by atoms with van der Waals surface area (Å²) in [6.45, 7) is 0.964. The van der Waals surface area contributed by atoms with Crippen LogP contribution in [0.15, 0.2) is 48.5 Å². The summed E-state index contributed by atoms with van der Waals surface area (Å²) in [5, 5.41) is 2.97. The van der Waals surface area contributed by atoms with E-state index in [4.69, 9.17) is 4.74 Å². The van der Waals surface area contributed by atoms with E-state index < -0.39 is 0 Å². The van der Waals surface area contributed by atoms with Crippen molar-refractivity contribution in [2.24, 2.45) is 5.92 Å². The number of rotatable bonds is 5. The van der Waals surface area contributed by atoms with Gasteiger partial charge in [-0.3, -0.25) is 4.79 Å². The highest BCUT2D eigenvalue weighted by Crippen LogP contribution is 2.26. The summed E-state index contributed by atoms with van der Waals surface area (Å²) >= 11 is 0. The number of para-hydroxylation sites is 1. The lowest BCUT2D eigenvalue weighted by atomic mass is 9.96. The van der Waals surface area contributed by atoms with Gasteiger partial charge in [0, 0.05) is 6.54 Å². The molecule has 1 heterocycles. The number of esters is 1. The minimum atomic E-state index is -0.350. The van der Waals surface area contributed by atoms with Gasteiger partial charge in [0.05, 0.1) is 18.6 Å². The molecule has 3 rings (SSSR count). The average molecular weight is 339 g/mol. The second-order valence-corrected chi connectivity index (χ2v) is 6.05. The van der Waals surface area contributed by atoms with Gasteiger partial charge in [0.2, 0.25) is 5.91 Å². The predicted octanol–water partition coefficient (Wildman–Crippen LogP) is 2.38. The Bertz CT molecular complexity index is 755. The Balaban J connectivity index is 1.48. The first kappa shape index (κ1) is 17.0. The van der Waals surface area contributed by atoms with E-state index in [1.165, 1.54) is 7.11 Å². The van der Waals surface area contributed by atoms with Gasteiger partial charge in [-0.25, -0.2) is 4.79 Å². The van der Waals surface area contributed by atoms with Crippen molar-refractivity contribution in [1.82, 2.24) is 5.32 Å². The predicted molar refractivity (Wildman–Crippen MR) is 93.6 cm³/mol. The molecule has 1 aliphatic rings. The molecule has 0 fully saturated rings. The van der Waals surface area contributed by atoms with Crippen LogP contribution in [0.25, 0.3) is 0 Å². The van der Waals surface area contributed by atoms with Gasteiger partial charge in [0.25, 0.3) is 0 Å². The summed E-state index contributed by atoms with van der Waals surface area (Å²) in [6, 6.07) is 15.0. The molecule has 0 aromatic heterocycles. The number of fused-ring (bicyclic) bond motifs is 1. The summed E-state index contributed by atoms with van der Waals surface area (Å²) in [6.07, 6.45) is 1.41. The largest absolute Gasteiger partial charge is 0.492 e. The van der Waals surface area contributed by atoms with Gasteiger partial charge in [-0.1, -0.05) is 30.3 Å². The van der Waals surface area contributed by atoms with E-state index >= 15 is 0 Å². The molecule has 2 aromatic rings. The lowest BCUT2D eigenvalue weighted by molar-refractivity contribution is -0.126. The molecule has 1 atom stereocenters. The molecule has 0 radical (unpaired) electrons. The van der Waals surface area contributed by atoms with Crippen molar-refractivity contribution in [3.05, 3.63) is 65.2 Å². The Kier molecular flexibility index (Phi) is 5.33. The van der Waals surface area contributed by atoms with E-state index in [2.05, 4.69) is 10.1 Å². The molecular formula is C20H21NO4. The maximum atomic E-state index is 12.3. The average Bonchev–Trinajstić information content (AvgIpc) is 2.67. The van der Waals surface area contributed by atoms with Crippen LogP contribution in [0.2, 0.25) is 0 Å². The van der Waals surface area contributed by atoms with E-state index in [9.17, 15) is 9.59 Å². The first-order valence-electron chi connectivity index (χ1n) is 8.33. The fourth-order valence-electron chi connectivity index (χ4n) is 2.90. The van der Waals surface area contributed by atoms with Crippen molar-refractivity contribution < 1.29 is 19.1 Å². The summed E-state index contributed by atoms with van der Waals surface area (Å²) in [7, 11) is 1.36. The Morgan fingerprint density at radius 1 is 1.16 bits per heavy atom. The van der Waals surface area contributed by atoms with Gasteiger partial charge < -0.3 is 14.8 Å². The number of hydrogen-bond donors (Lipinski definition) is 1. The number of amides is 1. The van der Waals surface area contributed by atoms with Crippen molar-refractivity contribution in [1.29, 1.82) is 0 Å². The molecule has 2 aromatic carbocycles. The van der Waals surface area contributed by atoms with Crippen LogP contribution in [0.4, 0.5) is 0 Å². The topological polar surface area (TPSA) is 64.6 Å². The van der Waals surface area contributed by atoms with Gasteiger partial charge in [-0.2, -0.15) is 0 Å². The maximum Gasteiger partial charge on any atom is 0.337 e. The summed E-state index contributed by atoms with van der Waals surface area (Å²) in [5.74, 6) is 0.381. The SMILES string of the molecule is COC(=O)c1ccc(CCNC(=O)C2COc3ccccc3C2)cc1. The molecule has 5 heteroatoms. The van der Waals surface area contributed by atoms with Crippen LogP contribution < -0.4 is 10.1 Å². The number of carbonyl (C=O) groups excluding carboxylic acids is 2. The second kappa shape index (κ2) is 7.83. The molecule has 0 aliphatic carbocycles. The molecule has 0 saturated heterocycles. The van der Waals surface area contributed by atoms with Crippen LogP contribution in [-0.2, 0) is 22.4 Å². The van der Waals surface area contributed by atoms with Crippen LogP contribution in [-0.4, -0.2) is 32.1 Å². The number of carbonyl (C=O) groups is 2. The zero-order valence-corrected chi connectivity index (χ0v) is 14.2. The fraction of sp³-hybridized carbons (Fsp3) is 0.300. The molecule has 0 spiro atoms. The zero-order chi connectivity index (χ0) is 17.6. The van der Waals surface area contributed by atoms with E-state index in [0.717, 1.165) is 16.9 Å². The van der Waals surface area contributed by atoms with E-state index in [-0.39, 0.29) is 17.8 Å². The van der Waals surface area contributed by atoms with Crippen molar-refractivity contribution in [3.63, 3.8) is 0 Å². The molecule has 1 unspecified atom stereocenters. The lowest BCUT2D eigenvalue weighted by Crippen LogP contribution is -2.38. The van der Waals surface area contributed by atoms with Crippen LogP contribution in [0.1, 0.15) is 21.5 Å². The Morgan fingerprint density at radius 2 is 1.92 bits per heavy atom. The van der Waals surface area contributed by atoms with E-state index in [1.54, 1.807) is 12.1 Å². The van der Waals surface area contributed by atoms with Crippen LogP contribution in [0.5, 0.6) is 5.75 Å². The quantitative estimate of drug-likeness (QED) is 0.850. The van der Waals surface area contributed by atoms with E-state index in [0.29, 0.717) is 31.6 Å². The highest BCUT2D eigenvalue weighted by Gasteiger charge is 2.25. The monoisotopic (exact) mass is 339 g/mol. The molecule has 0 bridgehead atoms. The fourth-order valence-corrected chi connectivity index (χ4v) is 2.90. The van der Waals surface area contributed by atoms with Crippen LogP contribution in [0.3, 0.4) is 0 Å². The number of methoxy groups -OCH3 is 1. The Hall–Kier alpha value is -2.82. The smallest absolute Gasteiger partial charge is 0.337 e. The molecule has 1 amide bonds. The highest BCUT2D eigenvalue weighted by molar-refractivity contribution is 5.89. The molecule has 25 heavy (non-hydrogen) atoms. The summed E-state index contributed by atoms with van der Waals surface area (Å²) < 4.78 is 10.3. The van der Waals surface area contributed by atoms with Gasteiger partial charge in [-0.15, -0.1) is 0 Å². The van der Waals surface area contributed by atoms with Crippen molar-refractivity contribution in [2.45, 2.75) is 12.8 Å². The summed E-state index contributed by atoms with van der Waals surface area (Å²) in [4.78, 5) is 23.7. The molecule has 5 nitrogen and oxygen atoms in total. The first-order chi connectivity index (χ1) is 12.2. The molecule has 1 N–H and O–H groups in total. The number of nitrogens with one attached hydrogen (secondary N) is 1. The Morgan fingerprint density at radius 3 is 2.68 bits per heavy atom. The maximum absolute atomic E-state index is 12.3. The van der Waals surface area contributed by atoms with Gasteiger partial charge in [0.1, 0.15) is 12.4 Å². The molecular weight excluding hydrogens is 318 g/mol. The van der Waals surface area contributed by atoms with Crippen LogP contribution in [0, 0.1) is 5.92 Å². The highest BCUT2D eigenvalue weighted by atomic mass is 16.5. The molecule has 1 aliphatic heterocycles. The first-order valence-corrected chi connectivity index (χ1v) is 8.33. The number of benzene rings is 2. The zero-order valence-electron chi connectivity index (χ0n) is 14.2. The third kappa shape index (κ3) is 4.18.